The Morgan fingerprint density at radius 3 is 2.81 bits per heavy atom. The lowest BCUT2D eigenvalue weighted by atomic mass is 10.2. The monoisotopic (exact) mass is 241 g/mol. The molecule has 0 radical (unpaired) electrons. The van der Waals surface area contributed by atoms with Crippen molar-refractivity contribution >= 4 is 17.5 Å². The Kier molecular flexibility index (Phi) is 4.19. The lowest BCUT2D eigenvalue weighted by Gasteiger charge is -2.12. The van der Waals surface area contributed by atoms with Crippen molar-refractivity contribution in [1.29, 1.82) is 0 Å². The van der Waals surface area contributed by atoms with Gasteiger partial charge < -0.3 is 15.2 Å². The van der Waals surface area contributed by atoms with Crippen LogP contribution in [-0.2, 0) is 0 Å². The molecule has 5 heteroatoms. The largest absolute Gasteiger partial charge is 0.493 e. The zero-order valence-corrected chi connectivity index (χ0v) is 9.58. The molecule has 16 heavy (non-hydrogen) atoms. The molecule has 0 aliphatic rings. The fourth-order valence-electron chi connectivity index (χ4n) is 1.14. The van der Waals surface area contributed by atoms with Crippen molar-refractivity contribution in [2.75, 3.05) is 13.7 Å². The van der Waals surface area contributed by atoms with Crippen molar-refractivity contribution in [1.82, 2.24) is 0 Å². The Bertz CT molecular complexity index is 418. The number of methoxy groups -OCH3 is 1. The Balaban J connectivity index is 3.17. The van der Waals surface area contributed by atoms with Crippen molar-refractivity contribution in [2.45, 2.75) is 0 Å². The van der Waals surface area contributed by atoms with Crippen LogP contribution in [0.25, 0.3) is 0 Å². The number of benzene rings is 1. The first-order valence-electron chi connectivity index (χ1n) is 4.51. The first-order chi connectivity index (χ1) is 7.60. The smallest absolute Gasteiger partial charge is 0.248 e. The molecule has 86 valence electrons. The summed E-state index contributed by atoms with van der Waals surface area (Å²) in [6, 6.07) is 2.91. The van der Waals surface area contributed by atoms with E-state index < -0.39 is 5.91 Å². The fourth-order valence-corrected chi connectivity index (χ4v) is 1.41. The van der Waals surface area contributed by atoms with E-state index >= 15 is 0 Å². The molecule has 0 atom stereocenters. The summed E-state index contributed by atoms with van der Waals surface area (Å²) in [4.78, 5) is 11.0. The van der Waals surface area contributed by atoms with Crippen LogP contribution >= 0.6 is 11.6 Å². The highest BCUT2D eigenvalue weighted by molar-refractivity contribution is 6.32. The van der Waals surface area contributed by atoms with E-state index in [2.05, 4.69) is 6.58 Å². The molecule has 2 N–H and O–H groups in total. The summed E-state index contributed by atoms with van der Waals surface area (Å²) in [6.45, 7) is 3.82. The van der Waals surface area contributed by atoms with Crippen molar-refractivity contribution in [3.05, 3.63) is 35.4 Å². The molecule has 0 aromatic heterocycles. The second-order valence-electron chi connectivity index (χ2n) is 2.95. The van der Waals surface area contributed by atoms with Gasteiger partial charge in [-0.3, -0.25) is 4.79 Å². The average molecular weight is 242 g/mol. The number of primary amides is 1. The Morgan fingerprint density at radius 2 is 2.31 bits per heavy atom. The van der Waals surface area contributed by atoms with Crippen LogP contribution in [0.1, 0.15) is 10.4 Å². The molecule has 0 heterocycles. The average Bonchev–Trinajstić information content (AvgIpc) is 2.26. The van der Waals surface area contributed by atoms with Crippen LogP contribution < -0.4 is 15.2 Å². The van der Waals surface area contributed by atoms with Gasteiger partial charge in [0.15, 0.2) is 11.5 Å². The minimum absolute atomic E-state index is 0.271. The van der Waals surface area contributed by atoms with Gasteiger partial charge in [-0.05, 0) is 12.1 Å². The minimum Gasteiger partial charge on any atom is -0.493 e. The molecular weight excluding hydrogens is 230 g/mol. The van der Waals surface area contributed by atoms with Crippen LogP contribution in [0.15, 0.2) is 24.8 Å². The highest BCUT2D eigenvalue weighted by atomic mass is 35.5. The summed E-state index contributed by atoms with van der Waals surface area (Å²) in [5.41, 5.74) is 5.42. The molecule has 0 fully saturated rings. The van der Waals surface area contributed by atoms with Gasteiger partial charge in [-0.25, -0.2) is 0 Å². The van der Waals surface area contributed by atoms with E-state index in [1.807, 2.05) is 0 Å². The molecule has 0 aliphatic carbocycles. The van der Waals surface area contributed by atoms with Crippen LogP contribution in [0.4, 0.5) is 0 Å². The van der Waals surface area contributed by atoms with Crippen LogP contribution in [0.5, 0.6) is 11.5 Å². The van der Waals surface area contributed by atoms with Gasteiger partial charge in [-0.2, -0.15) is 0 Å². The molecule has 0 saturated heterocycles. The number of halogens is 1. The Labute approximate surface area is 98.6 Å². The lowest BCUT2D eigenvalue weighted by Crippen LogP contribution is -2.11. The number of rotatable bonds is 5. The summed E-state index contributed by atoms with van der Waals surface area (Å²) < 4.78 is 10.4. The summed E-state index contributed by atoms with van der Waals surface area (Å²) in [6.07, 6.45) is 1.58. The van der Waals surface area contributed by atoms with E-state index in [0.717, 1.165) is 0 Å². The Hall–Kier alpha value is -1.68. The number of carbonyl (C=O) groups is 1. The SMILES string of the molecule is C=CCOc1c(Cl)cc(C(N)=O)cc1OC. The van der Waals surface area contributed by atoms with Gasteiger partial charge in [0.05, 0.1) is 12.1 Å². The van der Waals surface area contributed by atoms with E-state index in [9.17, 15) is 4.79 Å². The molecule has 0 unspecified atom stereocenters. The molecule has 4 nitrogen and oxygen atoms in total. The Morgan fingerprint density at radius 1 is 1.62 bits per heavy atom. The van der Waals surface area contributed by atoms with Crippen LogP contribution in [0.2, 0.25) is 5.02 Å². The van der Waals surface area contributed by atoms with Crippen molar-refractivity contribution in [2.24, 2.45) is 5.73 Å². The zero-order valence-electron chi connectivity index (χ0n) is 8.83. The molecule has 1 aromatic rings. The minimum atomic E-state index is -0.574. The van der Waals surface area contributed by atoms with Gasteiger partial charge >= 0.3 is 0 Å². The second-order valence-corrected chi connectivity index (χ2v) is 3.36. The predicted octanol–water partition coefficient (Wildman–Crippen LogP) is 2.01. The molecule has 0 aliphatic heterocycles. The summed E-state index contributed by atoms with van der Waals surface area (Å²) in [7, 11) is 1.46. The van der Waals surface area contributed by atoms with Gasteiger partial charge in [-0.15, -0.1) is 0 Å². The van der Waals surface area contributed by atoms with Crippen LogP contribution in [-0.4, -0.2) is 19.6 Å². The van der Waals surface area contributed by atoms with E-state index in [-0.39, 0.29) is 10.6 Å². The first kappa shape index (κ1) is 12.4. The molecule has 1 amide bonds. The van der Waals surface area contributed by atoms with Gasteiger partial charge in [0.1, 0.15) is 6.61 Å². The maximum atomic E-state index is 11.0. The molecule has 0 saturated carbocycles. The van der Waals surface area contributed by atoms with E-state index in [1.165, 1.54) is 19.2 Å². The van der Waals surface area contributed by atoms with Gasteiger partial charge in [0.2, 0.25) is 5.91 Å². The molecule has 0 bridgehead atoms. The first-order valence-corrected chi connectivity index (χ1v) is 4.89. The van der Waals surface area contributed by atoms with Crippen molar-refractivity contribution in [3.63, 3.8) is 0 Å². The number of carbonyl (C=O) groups excluding carboxylic acids is 1. The molecular formula is C11H12ClNO3. The third-order valence-electron chi connectivity index (χ3n) is 1.86. The summed E-state index contributed by atoms with van der Waals surface area (Å²) in [5, 5.41) is 0.273. The number of nitrogens with two attached hydrogens (primary N) is 1. The maximum Gasteiger partial charge on any atom is 0.248 e. The maximum absolute atomic E-state index is 11.0. The van der Waals surface area contributed by atoms with E-state index in [0.29, 0.717) is 18.1 Å². The highest BCUT2D eigenvalue weighted by Gasteiger charge is 2.13. The predicted molar refractivity (Wildman–Crippen MR) is 62.2 cm³/mol. The number of hydrogen-bond acceptors (Lipinski definition) is 3. The van der Waals surface area contributed by atoms with Crippen molar-refractivity contribution < 1.29 is 14.3 Å². The molecule has 1 aromatic carbocycles. The number of ether oxygens (including phenoxy) is 2. The van der Waals surface area contributed by atoms with Crippen molar-refractivity contribution in [3.8, 4) is 11.5 Å². The molecule has 1 rings (SSSR count). The number of amides is 1. The standard InChI is InChI=1S/C11H12ClNO3/c1-3-4-16-10-8(12)5-7(11(13)14)6-9(10)15-2/h3,5-6H,1,4H2,2H3,(H2,13,14). The van der Waals surface area contributed by atoms with Gasteiger partial charge in [-0.1, -0.05) is 24.3 Å². The van der Waals surface area contributed by atoms with Crippen LogP contribution in [0.3, 0.4) is 0 Å². The zero-order chi connectivity index (χ0) is 12.1. The second kappa shape index (κ2) is 5.42. The lowest BCUT2D eigenvalue weighted by molar-refractivity contribution is 0.1000. The fraction of sp³-hybridized carbons (Fsp3) is 0.182. The van der Waals surface area contributed by atoms with Gasteiger partial charge in [0, 0.05) is 5.56 Å². The topological polar surface area (TPSA) is 61.5 Å². The van der Waals surface area contributed by atoms with E-state index in [4.69, 9.17) is 26.8 Å². The number of hydrogen-bond donors (Lipinski definition) is 1. The summed E-state index contributed by atoms with van der Waals surface area (Å²) in [5.74, 6) is 0.160. The van der Waals surface area contributed by atoms with E-state index in [1.54, 1.807) is 6.08 Å². The normalized spacial score (nSPS) is 9.62. The molecule has 0 spiro atoms. The van der Waals surface area contributed by atoms with Crippen LogP contribution in [0, 0.1) is 0 Å². The third kappa shape index (κ3) is 2.67. The quantitative estimate of drug-likeness (QED) is 0.803. The third-order valence-corrected chi connectivity index (χ3v) is 2.14. The van der Waals surface area contributed by atoms with Gasteiger partial charge in [0.25, 0.3) is 0 Å². The summed E-state index contributed by atoms with van der Waals surface area (Å²) >= 11 is 5.95. The highest BCUT2D eigenvalue weighted by Crippen LogP contribution is 2.36.